The first kappa shape index (κ1) is 19.7. The van der Waals surface area contributed by atoms with Crippen LogP contribution in [0.1, 0.15) is 43.3 Å². The number of rotatable bonds is 5. The van der Waals surface area contributed by atoms with E-state index in [-0.39, 0.29) is 24.0 Å². The number of likely N-dealkylation sites (tertiary alicyclic amines) is 1. The molecule has 0 atom stereocenters. The number of aryl methyl sites for hydroxylation is 2. The summed E-state index contributed by atoms with van der Waals surface area (Å²) in [5.74, 6) is 1.94. The van der Waals surface area contributed by atoms with Gasteiger partial charge in [-0.25, -0.2) is 4.98 Å². The monoisotopic (exact) mass is 436 g/mol. The van der Waals surface area contributed by atoms with Crippen LogP contribution in [0, 0.1) is 12.8 Å². The van der Waals surface area contributed by atoms with Crippen molar-refractivity contribution < 1.29 is 0 Å². The van der Waals surface area contributed by atoms with Crippen molar-refractivity contribution in [1.82, 2.24) is 15.2 Å². The van der Waals surface area contributed by atoms with E-state index in [0.29, 0.717) is 0 Å². The summed E-state index contributed by atoms with van der Waals surface area (Å²) in [6.45, 7) is 7.68. The molecule has 0 spiro atoms. The molecule has 0 aliphatic carbocycles. The summed E-state index contributed by atoms with van der Waals surface area (Å²) in [6, 6.07) is 0. The normalized spacial score (nSPS) is 16.5. The molecule has 4 nitrogen and oxygen atoms in total. The van der Waals surface area contributed by atoms with E-state index < -0.39 is 0 Å². The number of unbranched alkanes of at least 4 members (excludes halogenated alkanes) is 1. The number of nitrogens with one attached hydrogen (secondary N) is 1. The van der Waals surface area contributed by atoms with Gasteiger partial charge in [0.05, 0.1) is 5.01 Å². The predicted molar refractivity (Wildman–Crippen MR) is 107 cm³/mol. The molecule has 6 heteroatoms. The Morgan fingerprint density at radius 3 is 2.73 bits per heavy atom. The number of hydrogen-bond donors (Lipinski definition) is 1. The quantitative estimate of drug-likeness (QED) is 0.331. The standard InChI is InChI=1S/C16H28N4S.HI/c1-13-7-10-20(11-8-13)16(17-3)18-9-5-4-6-15-19-14(2)12-21-15;/h12-13H,4-11H2,1-3H3,(H,17,18);1H. The Morgan fingerprint density at radius 1 is 1.41 bits per heavy atom. The molecular formula is C16H29IN4S. The van der Waals surface area contributed by atoms with Crippen molar-refractivity contribution in [3.8, 4) is 0 Å². The van der Waals surface area contributed by atoms with Crippen LogP contribution in [-0.2, 0) is 6.42 Å². The smallest absolute Gasteiger partial charge is 0.193 e. The van der Waals surface area contributed by atoms with Gasteiger partial charge in [0, 0.05) is 37.8 Å². The zero-order valence-electron chi connectivity index (χ0n) is 14.0. The van der Waals surface area contributed by atoms with Crippen molar-refractivity contribution >= 4 is 41.3 Å². The Hall–Kier alpha value is -0.370. The first-order valence-corrected chi connectivity index (χ1v) is 8.93. The second kappa shape index (κ2) is 10.4. The lowest BCUT2D eigenvalue weighted by atomic mass is 10.00. The van der Waals surface area contributed by atoms with E-state index >= 15 is 0 Å². The van der Waals surface area contributed by atoms with Crippen molar-refractivity contribution in [2.24, 2.45) is 10.9 Å². The number of aliphatic imine (C=N–C) groups is 1. The maximum atomic E-state index is 4.51. The van der Waals surface area contributed by atoms with Gasteiger partial charge >= 0.3 is 0 Å². The maximum absolute atomic E-state index is 4.51. The summed E-state index contributed by atoms with van der Waals surface area (Å²) >= 11 is 1.78. The molecule has 0 aromatic carbocycles. The molecule has 1 aromatic heterocycles. The number of thiazole rings is 1. The molecule has 1 aliphatic rings. The van der Waals surface area contributed by atoms with Crippen molar-refractivity contribution in [1.29, 1.82) is 0 Å². The number of nitrogens with zero attached hydrogens (tertiary/aromatic N) is 3. The molecule has 126 valence electrons. The fourth-order valence-electron chi connectivity index (χ4n) is 2.67. The van der Waals surface area contributed by atoms with Gasteiger partial charge in [0.25, 0.3) is 0 Å². The SMILES string of the molecule is CN=C(NCCCCc1nc(C)cs1)N1CCC(C)CC1.I. The minimum atomic E-state index is 0. The molecule has 1 N–H and O–H groups in total. The van der Waals surface area contributed by atoms with Crippen molar-refractivity contribution in [3.63, 3.8) is 0 Å². The van der Waals surface area contributed by atoms with Gasteiger partial charge in [-0.2, -0.15) is 0 Å². The van der Waals surface area contributed by atoms with Gasteiger partial charge in [-0.1, -0.05) is 6.92 Å². The average molecular weight is 436 g/mol. The highest BCUT2D eigenvalue weighted by atomic mass is 127. The fourth-order valence-corrected chi connectivity index (χ4v) is 3.49. The maximum Gasteiger partial charge on any atom is 0.193 e. The van der Waals surface area contributed by atoms with Crippen LogP contribution in [-0.4, -0.2) is 42.5 Å². The number of halogens is 1. The Labute approximate surface area is 155 Å². The van der Waals surface area contributed by atoms with Gasteiger partial charge in [-0.05, 0) is 44.9 Å². The van der Waals surface area contributed by atoms with E-state index in [9.17, 15) is 0 Å². The summed E-state index contributed by atoms with van der Waals surface area (Å²) in [5.41, 5.74) is 1.15. The second-order valence-electron chi connectivity index (χ2n) is 5.98. The van der Waals surface area contributed by atoms with Crippen LogP contribution >= 0.6 is 35.3 Å². The molecule has 1 aliphatic heterocycles. The molecule has 0 amide bonds. The van der Waals surface area contributed by atoms with E-state index in [4.69, 9.17) is 0 Å². The van der Waals surface area contributed by atoms with Gasteiger partial charge < -0.3 is 10.2 Å². The topological polar surface area (TPSA) is 40.5 Å². The highest BCUT2D eigenvalue weighted by Crippen LogP contribution is 2.16. The minimum absolute atomic E-state index is 0. The number of guanidine groups is 1. The number of aromatic nitrogens is 1. The molecule has 22 heavy (non-hydrogen) atoms. The summed E-state index contributed by atoms with van der Waals surface area (Å²) in [5, 5.41) is 6.90. The average Bonchev–Trinajstić information content (AvgIpc) is 2.90. The van der Waals surface area contributed by atoms with Crippen LogP contribution in [0.3, 0.4) is 0 Å². The van der Waals surface area contributed by atoms with E-state index in [1.54, 1.807) is 11.3 Å². The van der Waals surface area contributed by atoms with Crippen LogP contribution in [0.4, 0.5) is 0 Å². The van der Waals surface area contributed by atoms with E-state index in [2.05, 4.69) is 39.4 Å². The zero-order valence-corrected chi connectivity index (χ0v) is 17.1. The highest BCUT2D eigenvalue weighted by molar-refractivity contribution is 14.0. The highest BCUT2D eigenvalue weighted by Gasteiger charge is 2.18. The van der Waals surface area contributed by atoms with E-state index in [1.165, 1.54) is 30.7 Å². The molecule has 1 aromatic rings. The Morgan fingerprint density at radius 2 is 2.14 bits per heavy atom. The first-order valence-electron chi connectivity index (χ1n) is 8.05. The third-order valence-corrected chi connectivity index (χ3v) is 5.09. The molecule has 2 heterocycles. The zero-order chi connectivity index (χ0) is 15.1. The van der Waals surface area contributed by atoms with E-state index in [1.807, 2.05) is 7.05 Å². The van der Waals surface area contributed by atoms with Crippen LogP contribution in [0.5, 0.6) is 0 Å². The number of piperidine rings is 1. The summed E-state index contributed by atoms with van der Waals surface area (Å²) < 4.78 is 0. The lowest BCUT2D eigenvalue weighted by Crippen LogP contribution is -2.45. The predicted octanol–water partition coefficient (Wildman–Crippen LogP) is 3.70. The summed E-state index contributed by atoms with van der Waals surface area (Å²) in [7, 11) is 1.89. The van der Waals surface area contributed by atoms with Gasteiger partial charge in [-0.3, -0.25) is 4.99 Å². The van der Waals surface area contributed by atoms with Crippen LogP contribution in [0.15, 0.2) is 10.4 Å². The lowest BCUT2D eigenvalue weighted by Gasteiger charge is -2.32. The van der Waals surface area contributed by atoms with Gasteiger partial charge in [0.2, 0.25) is 0 Å². The lowest BCUT2D eigenvalue weighted by molar-refractivity contribution is 0.273. The largest absolute Gasteiger partial charge is 0.356 e. The first-order chi connectivity index (χ1) is 10.2. The molecule has 0 saturated carbocycles. The van der Waals surface area contributed by atoms with Crippen LogP contribution < -0.4 is 5.32 Å². The molecule has 0 radical (unpaired) electrons. The summed E-state index contributed by atoms with van der Waals surface area (Å²) in [4.78, 5) is 11.3. The fraction of sp³-hybridized carbons (Fsp3) is 0.750. The van der Waals surface area contributed by atoms with Crippen molar-refractivity contribution in [2.75, 3.05) is 26.7 Å². The van der Waals surface area contributed by atoms with Crippen molar-refractivity contribution in [3.05, 3.63) is 16.1 Å². The summed E-state index contributed by atoms with van der Waals surface area (Å²) in [6.07, 6.45) is 6.02. The molecule has 0 bridgehead atoms. The van der Waals surface area contributed by atoms with Gasteiger partial charge in [0.15, 0.2) is 5.96 Å². The molecule has 2 rings (SSSR count). The molecule has 1 saturated heterocycles. The molecule has 1 fully saturated rings. The minimum Gasteiger partial charge on any atom is -0.356 e. The third kappa shape index (κ3) is 6.40. The second-order valence-corrected chi connectivity index (χ2v) is 6.93. The van der Waals surface area contributed by atoms with Crippen LogP contribution in [0.25, 0.3) is 0 Å². The third-order valence-electron chi connectivity index (χ3n) is 4.06. The van der Waals surface area contributed by atoms with E-state index in [0.717, 1.165) is 43.6 Å². The Balaban J connectivity index is 0.00000242. The van der Waals surface area contributed by atoms with Crippen molar-refractivity contribution in [2.45, 2.75) is 46.0 Å². The molecule has 0 unspecified atom stereocenters. The van der Waals surface area contributed by atoms with Gasteiger partial charge in [0.1, 0.15) is 0 Å². The number of hydrogen-bond acceptors (Lipinski definition) is 3. The van der Waals surface area contributed by atoms with Crippen LogP contribution in [0.2, 0.25) is 0 Å². The molecular weight excluding hydrogens is 407 g/mol. The Kier molecular flexibility index (Phi) is 9.31. The Bertz CT molecular complexity index is 453. The van der Waals surface area contributed by atoms with Gasteiger partial charge in [-0.15, -0.1) is 35.3 Å².